The van der Waals surface area contributed by atoms with Crippen molar-refractivity contribution in [3.63, 3.8) is 0 Å². The summed E-state index contributed by atoms with van der Waals surface area (Å²) in [5.41, 5.74) is 2.81. The van der Waals surface area contributed by atoms with E-state index in [0.29, 0.717) is 0 Å². The van der Waals surface area contributed by atoms with Crippen LogP contribution >= 0.6 is 0 Å². The molecule has 0 aliphatic heterocycles. The molecule has 1 N–H and O–H groups in total. The van der Waals surface area contributed by atoms with Gasteiger partial charge in [0.15, 0.2) is 0 Å². The minimum absolute atomic E-state index is 0.233. The molecular formula is C15H21FN4. The Balaban J connectivity index is 2.32. The van der Waals surface area contributed by atoms with E-state index in [2.05, 4.69) is 29.5 Å². The van der Waals surface area contributed by atoms with E-state index in [1.54, 1.807) is 12.3 Å². The fourth-order valence-electron chi connectivity index (χ4n) is 2.18. The van der Waals surface area contributed by atoms with Gasteiger partial charge in [-0.15, -0.1) is 5.10 Å². The second-order valence-electron chi connectivity index (χ2n) is 4.82. The van der Waals surface area contributed by atoms with Crippen molar-refractivity contribution in [1.82, 2.24) is 20.3 Å². The Morgan fingerprint density at radius 2 is 2.10 bits per heavy atom. The fraction of sp³-hybridized carbons (Fsp3) is 0.467. The van der Waals surface area contributed by atoms with Crippen LogP contribution in [0.25, 0.3) is 11.3 Å². The van der Waals surface area contributed by atoms with Gasteiger partial charge >= 0.3 is 0 Å². The van der Waals surface area contributed by atoms with E-state index in [1.807, 2.05) is 10.7 Å². The van der Waals surface area contributed by atoms with Crippen molar-refractivity contribution in [1.29, 1.82) is 0 Å². The Hall–Kier alpha value is -1.75. The Morgan fingerprint density at radius 1 is 1.25 bits per heavy atom. The van der Waals surface area contributed by atoms with Crippen molar-refractivity contribution < 1.29 is 4.39 Å². The quantitative estimate of drug-likeness (QED) is 0.791. The highest BCUT2D eigenvalue weighted by molar-refractivity contribution is 5.63. The Labute approximate surface area is 119 Å². The molecule has 0 amide bonds. The first-order valence-corrected chi connectivity index (χ1v) is 7.14. The summed E-state index contributed by atoms with van der Waals surface area (Å²) in [4.78, 5) is 0. The third-order valence-electron chi connectivity index (χ3n) is 3.14. The number of nitrogens with one attached hydrogen (secondary N) is 1. The number of rotatable bonds is 7. The van der Waals surface area contributed by atoms with Crippen LogP contribution < -0.4 is 5.32 Å². The molecule has 0 saturated carbocycles. The molecule has 0 bridgehead atoms. The molecule has 0 unspecified atom stereocenters. The molecule has 0 spiro atoms. The fourth-order valence-corrected chi connectivity index (χ4v) is 2.18. The minimum atomic E-state index is -0.233. The normalized spacial score (nSPS) is 10.9. The summed E-state index contributed by atoms with van der Waals surface area (Å²) in [6.45, 7) is 6.66. The number of nitrogens with zero attached hydrogens (tertiary/aromatic N) is 3. The number of benzene rings is 1. The topological polar surface area (TPSA) is 42.7 Å². The van der Waals surface area contributed by atoms with Crippen molar-refractivity contribution >= 4 is 0 Å². The first kappa shape index (κ1) is 14.7. The van der Waals surface area contributed by atoms with Crippen molar-refractivity contribution in [2.24, 2.45) is 0 Å². The van der Waals surface area contributed by atoms with Gasteiger partial charge < -0.3 is 5.32 Å². The maximum Gasteiger partial charge on any atom is 0.123 e. The van der Waals surface area contributed by atoms with Crippen molar-refractivity contribution in [3.8, 4) is 11.3 Å². The highest BCUT2D eigenvalue weighted by Crippen LogP contribution is 2.24. The molecule has 108 valence electrons. The largest absolute Gasteiger partial charge is 0.313 e. The van der Waals surface area contributed by atoms with Gasteiger partial charge in [0.05, 0.1) is 11.9 Å². The lowest BCUT2D eigenvalue weighted by molar-refractivity contribution is 0.582. The van der Waals surface area contributed by atoms with Crippen LogP contribution in [0, 0.1) is 5.82 Å². The first-order valence-electron chi connectivity index (χ1n) is 7.14. The van der Waals surface area contributed by atoms with E-state index in [4.69, 9.17) is 0 Å². The number of halogens is 1. The van der Waals surface area contributed by atoms with E-state index >= 15 is 0 Å². The van der Waals surface area contributed by atoms with Gasteiger partial charge in [-0.05, 0) is 37.1 Å². The summed E-state index contributed by atoms with van der Waals surface area (Å²) < 4.78 is 15.4. The Bertz CT molecular complexity index is 551. The van der Waals surface area contributed by atoms with Gasteiger partial charge in [-0.3, -0.25) is 0 Å². The molecule has 1 aromatic carbocycles. The zero-order valence-corrected chi connectivity index (χ0v) is 12.1. The number of aromatic nitrogens is 3. The molecule has 0 fully saturated rings. The lowest BCUT2D eigenvalue weighted by atomic mass is 10.0. The molecule has 0 atom stereocenters. The van der Waals surface area contributed by atoms with Gasteiger partial charge in [-0.2, -0.15) is 0 Å². The second-order valence-corrected chi connectivity index (χ2v) is 4.82. The van der Waals surface area contributed by atoms with E-state index in [-0.39, 0.29) is 5.82 Å². The minimum Gasteiger partial charge on any atom is -0.313 e. The predicted octanol–water partition coefficient (Wildman–Crippen LogP) is 2.99. The van der Waals surface area contributed by atoms with E-state index in [1.165, 1.54) is 6.07 Å². The molecule has 4 nitrogen and oxygen atoms in total. The number of aryl methyl sites for hydroxylation is 1. The highest BCUT2D eigenvalue weighted by atomic mass is 19.1. The average molecular weight is 276 g/mol. The van der Waals surface area contributed by atoms with Crippen LogP contribution in [0.15, 0.2) is 24.4 Å². The van der Waals surface area contributed by atoms with Gasteiger partial charge in [-0.25, -0.2) is 9.07 Å². The summed E-state index contributed by atoms with van der Waals surface area (Å²) in [5, 5.41) is 11.4. The van der Waals surface area contributed by atoms with Crippen LogP contribution in [-0.4, -0.2) is 21.5 Å². The molecule has 5 heteroatoms. The third-order valence-corrected chi connectivity index (χ3v) is 3.14. The zero-order chi connectivity index (χ0) is 14.4. The Kier molecular flexibility index (Phi) is 5.24. The molecule has 0 radical (unpaired) electrons. The molecule has 1 heterocycles. The second kappa shape index (κ2) is 7.14. The van der Waals surface area contributed by atoms with Crippen molar-refractivity contribution in [3.05, 3.63) is 35.8 Å². The molecule has 20 heavy (non-hydrogen) atoms. The number of hydrogen-bond donors (Lipinski definition) is 1. The van der Waals surface area contributed by atoms with Gasteiger partial charge in [0.1, 0.15) is 5.82 Å². The van der Waals surface area contributed by atoms with Crippen LogP contribution in [0.5, 0.6) is 0 Å². The van der Waals surface area contributed by atoms with E-state index in [9.17, 15) is 4.39 Å². The van der Waals surface area contributed by atoms with Crippen LogP contribution in [-0.2, 0) is 13.1 Å². The van der Waals surface area contributed by atoms with Gasteiger partial charge in [-0.1, -0.05) is 25.1 Å². The predicted molar refractivity (Wildman–Crippen MR) is 77.7 cm³/mol. The molecule has 2 aromatic rings. The lowest BCUT2D eigenvalue weighted by Crippen LogP contribution is -2.15. The van der Waals surface area contributed by atoms with Crippen molar-refractivity contribution in [2.45, 2.75) is 39.8 Å². The Morgan fingerprint density at radius 3 is 2.85 bits per heavy atom. The van der Waals surface area contributed by atoms with Crippen LogP contribution in [0.1, 0.15) is 32.3 Å². The maximum atomic E-state index is 13.6. The molecular weight excluding hydrogens is 255 g/mol. The van der Waals surface area contributed by atoms with Crippen LogP contribution in [0.4, 0.5) is 4.39 Å². The molecule has 1 aromatic heterocycles. The van der Waals surface area contributed by atoms with Gasteiger partial charge in [0.2, 0.25) is 0 Å². The smallest absolute Gasteiger partial charge is 0.123 e. The molecule has 2 rings (SSSR count). The average Bonchev–Trinajstić information content (AvgIpc) is 2.89. The summed E-state index contributed by atoms with van der Waals surface area (Å²) in [6.07, 6.45) is 3.74. The lowest BCUT2D eigenvalue weighted by Gasteiger charge is -2.11. The third kappa shape index (κ3) is 3.42. The maximum absolute atomic E-state index is 13.6. The SMILES string of the molecule is CCCNCc1ccc(F)cc1-c1cnnn1CCC. The standard InChI is InChI=1S/C15H21FN4/c1-3-7-17-10-12-5-6-13(16)9-14(12)15-11-18-19-20(15)8-4-2/h5-6,9,11,17H,3-4,7-8,10H2,1-2H3. The summed E-state index contributed by atoms with van der Waals surface area (Å²) in [6, 6.07) is 4.89. The van der Waals surface area contributed by atoms with E-state index < -0.39 is 0 Å². The summed E-state index contributed by atoms with van der Waals surface area (Å²) in [7, 11) is 0. The molecule has 0 saturated heterocycles. The monoisotopic (exact) mass is 276 g/mol. The highest BCUT2D eigenvalue weighted by Gasteiger charge is 2.12. The van der Waals surface area contributed by atoms with Crippen LogP contribution in [0.3, 0.4) is 0 Å². The summed E-state index contributed by atoms with van der Waals surface area (Å²) >= 11 is 0. The molecule has 0 aliphatic rings. The summed E-state index contributed by atoms with van der Waals surface area (Å²) in [5.74, 6) is -0.233. The first-order chi connectivity index (χ1) is 9.76. The van der Waals surface area contributed by atoms with Crippen LogP contribution in [0.2, 0.25) is 0 Å². The van der Waals surface area contributed by atoms with E-state index in [0.717, 1.165) is 49.3 Å². The number of hydrogen-bond acceptors (Lipinski definition) is 3. The zero-order valence-electron chi connectivity index (χ0n) is 12.1. The van der Waals surface area contributed by atoms with Crippen molar-refractivity contribution in [2.75, 3.05) is 6.54 Å². The molecule has 0 aliphatic carbocycles. The van der Waals surface area contributed by atoms with Gasteiger partial charge in [0.25, 0.3) is 0 Å². The van der Waals surface area contributed by atoms with Gasteiger partial charge in [0, 0.05) is 18.7 Å².